The number of aromatic nitrogens is 2. The molecule has 0 saturated carbocycles. The maximum Gasteiger partial charge on any atom is 0.226 e. The van der Waals surface area contributed by atoms with Crippen molar-refractivity contribution >= 4 is 11.6 Å². The number of likely N-dealkylation sites (N-methyl/N-ethyl adjacent to an activating group) is 1. The van der Waals surface area contributed by atoms with E-state index in [1.54, 1.807) is 30.5 Å². The van der Waals surface area contributed by atoms with E-state index in [9.17, 15) is 9.90 Å². The van der Waals surface area contributed by atoms with Gasteiger partial charge in [0.25, 0.3) is 0 Å². The summed E-state index contributed by atoms with van der Waals surface area (Å²) in [6.45, 7) is 2.06. The van der Waals surface area contributed by atoms with E-state index < -0.39 is 6.10 Å². The minimum absolute atomic E-state index is 0.0186. The van der Waals surface area contributed by atoms with Gasteiger partial charge in [-0.15, -0.1) is 0 Å². The zero-order chi connectivity index (χ0) is 30.7. The fourth-order valence-corrected chi connectivity index (χ4v) is 4.20. The number of aliphatic hydroxyl groups excluding tert-OH is 3. The Morgan fingerprint density at radius 2 is 1.55 bits per heavy atom. The molecule has 7 N–H and O–H groups in total. The molecule has 3 aromatic rings. The van der Waals surface area contributed by atoms with Crippen LogP contribution >= 0.6 is 0 Å². The first kappa shape index (κ1) is 34.3. The third-order valence-electron chi connectivity index (χ3n) is 6.44. The Bertz CT molecular complexity index is 1140. The number of anilines is 1. The molecule has 11 heteroatoms. The highest BCUT2D eigenvalue weighted by Gasteiger charge is 2.13. The molecule has 1 amide bonds. The van der Waals surface area contributed by atoms with Gasteiger partial charge >= 0.3 is 0 Å². The van der Waals surface area contributed by atoms with Gasteiger partial charge in [-0.25, -0.2) is 5.84 Å². The standard InChI is InChI=1S/C30H41N7O3.CH4O/c1-35(17-7-4-10-29(39)23-38)30(40)18-24-11-13-28(14-12-24)37(32)20-25(31)19-36(21-26-8-2-5-15-33-26)22-27-9-3-6-16-34-27;1-2/h2-3,5-6,8-9,11-16,20,29,38-39H,4,7,10,17-19,21-23,31-32H2,1H3;2H,1H3/b25-20-;/t29-;/m0./s1. The number of rotatable bonds is 16. The van der Waals surface area contributed by atoms with Gasteiger partial charge in [-0.1, -0.05) is 24.3 Å². The van der Waals surface area contributed by atoms with Crippen LogP contribution in [0.1, 0.15) is 36.2 Å². The Morgan fingerprint density at radius 1 is 0.952 bits per heavy atom. The molecular formula is C31H45N7O4. The number of aliphatic hydroxyl groups is 3. The van der Waals surface area contributed by atoms with Crippen molar-refractivity contribution in [1.29, 1.82) is 0 Å². The molecule has 11 nitrogen and oxygen atoms in total. The third kappa shape index (κ3) is 12.8. The summed E-state index contributed by atoms with van der Waals surface area (Å²) >= 11 is 0. The molecule has 0 aliphatic carbocycles. The van der Waals surface area contributed by atoms with Crippen molar-refractivity contribution in [2.45, 2.75) is 44.9 Å². The molecule has 0 fully saturated rings. The molecule has 0 bridgehead atoms. The monoisotopic (exact) mass is 579 g/mol. The van der Waals surface area contributed by atoms with E-state index in [2.05, 4.69) is 14.9 Å². The average molecular weight is 580 g/mol. The van der Waals surface area contributed by atoms with Crippen molar-refractivity contribution in [1.82, 2.24) is 19.8 Å². The van der Waals surface area contributed by atoms with E-state index in [0.29, 0.717) is 38.3 Å². The van der Waals surface area contributed by atoms with Crippen molar-refractivity contribution in [3.63, 3.8) is 0 Å². The lowest BCUT2D eigenvalue weighted by Crippen LogP contribution is -2.32. The summed E-state index contributed by atoms with van der Waals surface area (Å²) in [6.07, 6.45) is 6.90. The van der Waals surface area contributed by atoms with Gasteiger partial charge in [0, 0.05) is 64.6 Å². The van der Waals surface area contributed by atoms with Crippen molar-refractivity contribution in [2.24, 2.45) is 11.6 Å². The predicted molar refractivity (Wildman–Crippen MR) is 164 cm³/mol. The normalized spacial score (nSPS) is 11.9. The van der Waals surface area contributed by atoms with E-state index in [-0.39, 0.29) is 18.9 Å². The van der Waals surface area contributed by atoms with Crippen LogP contribution in [0.15, 0.2) is 85.0 Å². The summed E-state index contributed by atoms with van der Waals surface area (Å²) in [4.78, 5) is 25.3. The van der Waals surface area contributed by atoms with Crippen molar-refractivity contribution in [2.75, 3.05) is 38.9 Å². The quantitative estimate of drug-likeness (QED) is 0.0960. The lowest BCUT2D eigenvalue weighted by molar-refractivity contribution is -0.129. The second-order valence-electron chi connectivity index (χ2n) is 9.89. The maximum atomic E-state index is 12.6. The molecule has 3 rings (SSSR count). The zero-order valence-corrected chi connectivity index (χ0v) is 24.6. The molecular weight excluding hydrogens is 534 g/mol. The molecule has 0 saturated heterocycles. The first-order valence-corrected chi connectivity index (χ1v) is 13.9. The summed E-state index contributed by atoms with van der Waals surface area (Å²) in [5, 5.41) is 26.8. The average Bonchev–Trinajstić information content (AvgIpc) is 3.01. The molecule has 1 aromatic carbocycles. The summed E-state index contributed by atoms with van der Waals surface area (Å²) in [5.74, 6) is 6.32. The van der Waals surface area contributed by atoms with E-state index in [1.807, 2.05) is 60.7 Å². The van der Waals surface area contributed by atoms with Crippen LogP contribution in [0.5, 0.6) is 0 Å². The number of unbranched alkanes of at least 4 members (excludes halogenated alkanes) is 1. The lowest BCUT2D eigenvalue weighted by atomic mass is 10.1. The number of amides is 1. The van der Waals surface area contributed by atoms with Gasteiger partial charge in [-0.05, 0) is 61.2 Å². The Balaban J connectivity index is 0.00000301. The van der Waals surface area contributed by atoms with Gasteiger partial charge < -0.3 is 26.0 Å². The van der Waals surface area contributed by atoms with Crippen molar-refractivity contribution < 1.29 is 20.1 Å². The first-order chi connectivity index (χ1) is 20.3. The zero-order valence-electron chi connectivity index (χ0n) is 24.6. The van der Waals surface area contributed by atoms with Crippen LogP contribution in [0.4, 0.5) is 5.69 Å². The fraction of sp³-hybridized carbons (Fsp3) is 0.387. The number of hydrogen-bond donors (Lipinski definition) is 5. The van der Waals surface area contributed by atoms with Crippen molar-refractivity contribution in [3.05, 3.63) is 102 Å². The van der Waals surface area contributed by atoms with E-state index in [4.69, 9.17) is 21.8 Å². The number of hydrogen-bond acceptors (Lipinski definition) is 10. The van der Waals surface area contributed by atoms with Crippen LogP contribution in [-0.2, 0) is 24.3 Å². The number of nitrogens with zero attached hydrogens (tertiary/aromatic N) is 5. The molecule has 0 aliphatic heterocycles. The van der Waals surface area contributed by atoms with Gasteiger partial charge in [-0.2, -0.15) is 0 Å². The summed E-state index contributed by atoms with van der Waals surface area (Å²) in [6, 6.07) is 19.2. The van der Waals surface area contributed by atoms with Gasteiger partial charge in [0.1, 0.15) is 0 Å². The van der Waals surface area contributed by atoms with Crippen LogP contribution in [0.2, 0.25) is 0 Å². The first-order valence-electron chi connectivity index (χ1n) is 13.9. The smallest absolute Gasteiger partial charge is 0.226 e. The minimum atomic E-state index is -0.691. The summed E-state index contributed by atoms with van der Waals surface area (Å²) in [7, 11) is 2.78. The Kier molecular flexibility index (Phi) is 15.8. The van der Waals surface area contributed by atoms with Crippen LogP contribution in [-0.4, -0.2) is 81.0 Å². The van der Waals surface area contributed by atoms with Crippen LogP contribution in [0.25, 0.3) is 0 Å². The van der Waals surface area contributed by atoms with Gasteiger partial charge in [-0.3, -0.25) is 24.7 Å². The minimum Gasteiger partial charge on any atom is -0.400 e. The Labute approximate surface area is 248 Å². The fourth-order valence-electron chi connectivity index (χ4n) is 4.20. The number of nitrogens with two attached hydrogens (primary N) is 2. The molecule has 228 valence electrons. The van der Waals surface area contributed by atoms with Crippen LogP contribution in [0, 0.1) is 0 Å². The largest absolute Gasteiger partial charge is 0.400 e. The summed E-state index contributed by atoms with van der Waals surface area (Å²) in [5.41, 5.74) is 10.5. The molecule has 0 aliphatic rings. The molecule has 2 aromatic heterocycles. The Morgan fingerprint density at radius 3 is 2.07 bits per heavy atom. The topological polar surface area (TPSA) is 165 Å². The van der Waals surface area contributed by atoms with Gasteiger partial charge in [0.05, 0.1) is 36.2 Å². The molecule has 0 spiro atoms. The predicted octanol–water partition coefficient (Wildman–Crippen LogP) is 1.79. The highest BCUT2D eigenvalue weighted by atomic mass is 16.3. The molecule has 1 atom stereocenters. The highest BCUT2D eigenvalue weighted by Crippen LogP contribution is 2.15. The second-order valence-corrected chi connectivity index (χ2v) is 9.89. The molecule has 0 radical (unpaired) electrons. The highest BCUT2D eigenvalue weighted by molar-refractivity contribution is 5.78. The Hall–Kier alpha value is -3.87. The number of pyridine rings is 2. The van der Waals surface area contributed by atoms with Gasteiger partial charge in [0.15, 0.2) is 0 Å². The van der Waals surface area contributed by atoms with Crippen LogP contribution < -0.4 is 16.6 Å². The molecule has 2 heterocycles. The number of hydrazine groups is 1. The molecule has 0 unspecified atom stereocenters. The van der Waals surface area contributed by atoms with E-state index in [0.717, 1.165) is 42.6 Å². The van der Waals surface area contributed by atoms with Crippen LogP contribution in [0.3, 0.4) is 0 Å². The van der Waals surface area contributed by atoms with E-state index in [1.165, 1.54) is 5.01 Å². The number of benzene rings is 1. The second kappa shape index (κ2) is 19.3. The van der Waals surface area contributed by atoms with Gasteiger partial charge in [0.2, 0.25) is 5.91 Å². The molecule has 42 heavy (non-hydrogen) atoms. The van der Waals surface area contributed by atoms with Crippen molar-refractivity contribution in [3.8, 4) is 0 Å². The maximum absolute atomic E-state index is 12.6. The summed E-state index contributed by atoms with van der Waals surface area (Å²) < 4.78 is 0. The number of carbonyl (C=O) groups is 1. The lowest BCUT2D eigenvalue weighted by Gasteiger charge is -2.23. The number of carbonyl (C=O) groups excluding carboxylic acids is 1. The third-order valence-corrected chi connectivity index (χ3v) is 6.44. The van der Waals surface area contributed by atoms with E-state index >= 15 is 0 Å². The SMILES string of the molecule is CN(CCCC[C@H](O)CO)C(=O)Cc1ccc(N(N)/C=C(\N)CN(Cc2ccccn2)Cc2ccccn2)cc1.CO.